The molecule has 26 heavy (non-hydrogen) atoms. The van der Waals surface area contributed by atoms with Gasteiger partial charge in [-0.2, -0.15) is 0 Å². The number of aromatic nitrogens is 1. The third-order valence-electron chi connectivity index (χ3n) is 4.95. The first kappa shape index (κ1) is 16.4. The molecule has 1 fully saturated rings. The second kappa shape index (κ2) is 6.33. The van der Waals surface area contributed by atoms with Crippen molar-refractivity contribution in [2.24, 2.45) is 0 Å². The van der Waals surface area contributed by atoms with Gasteiger partial charge >= 0.3 is 0 Å². The number of piperazine rings is 1. The summed E-state index contributed by atoms with van der Waals surface area (Å²) >= 11 is 0. The van der Waals surface area contributed by atoms with Crippen LogP contribution in [0.4, 0.5) is 5.69 Å². The molecule has 1 aliphatic rings. The van der Waals surface area contributed by atoms with Gasteiger partial charge in [0.2, 0.25) is 5.91 Å². The van der Waals surface area contributed by atoms with Crippen LogP contribution in [-0.4, -0.2) is 40.8 Å². The van der Waals surface area contributed by atoms with Crippen molar-refractivity contribution in [3.05, 3.63) is 65.9 Å². The van der Waals surface area contributed by atoms with Crippen LogP contribution in [0.15, 0.2) is 54.6 Å². The number of hydrogen-bond acceptors (Lipinski definition) is 2. The second-order valence-electron chi connectivity index (χ2n) is 6.89. The molecule has 2 aromatic carbocycles. The van der Waals surface area contributed by atoms with Gasteiger partial charge in [0.25, 0.3) is 5.91 Å². The molecular weight excluding hydrogens is 326 g/mol. The van der Waals surface area contributed by atoms with Gasteiger partial charge in [0.15, 0.2) is 0 Å². The minimum absolute atomic E-state index is 0.0589. The lowest BCUT2D eigenvalue weighted by Gasteiger charge is -2.39. The molecule has 2 heterocycles. The van der Waals surface area contributed by atoms with Crippen LogP contribution in [0.2, 0.25) is 0 Å². The zero-order valence-corrected chi connectivity index (χ0v) is 14.9. The van der Waals surface area contributed by atoms with E-state index < -0.39 is 0 Å². The molecule has 5 heteroatoms. The summed E-state index contributed by atoms with van der Waals surface area (Å²) in [6.07, 6.45) is 0. The molecule has 1 N–H and O–H groups in total. The van der Waals surface area contributed by atoms with Gasteiger partial charge in [0.05, 0.1) is 0 Å². The van der Waals surface area contributed by atoms with Crippen LogP contribution < -0.4 is 4.90 Å². The highest BCUT2D eigenvalue weighted by molar-refractivity contribution is 6.03. The number of benzene rings is 2. The number of anilines is 1. The highest BCUT2D eigenvalue weighted by Crippen LogP contribution is 2.23. The van der Waals surface area contributed by atoms with Crippen molar-refractivity contribution in [1.82, 2.24) is 9.88 Å². The standard InChI is InChI=1S/C21H21N3O2/c1-14-7-9-17(10-8-14)24-12-15(2)23(13-20(24)25)21(26)19-11-16-5-3-4-6-18(16)22-19/h3-11,15,22H,12-13H2,1-2H3/t15-/m1/s1. The summed E-state index contributed by atoms with van der Waals surface area (Å²) < 4.78 is 0. The van der Waals surface area contributed by atoms with E-state index in [1.54, 1.807) is 9.80 Å². The van der Waals surface area contributed by atoms with E-state index in [1.165, 1.54) is 0 Å². The fourth-order valence-corrected chi connectivity index (χ4v) is 3.44. The third kappa shape index (κ3) is 2.86. The smallest absolute Gasteiger partial charge is 0.271 e. The molecule has 0 saturated carbocycles. The van der Waals surface area contributed by atoms with Crippen LogP contribution in [0, 0.1) is 6.92 Å². The Morgan fingerprint density at radius 1 is 1.12 bits per heavy atom. The van der Waals surface area contributed by atoms with Crippen LogP contribution in [-0.2, 0) is 4.79 Å². The molecule has 132 valence electrons. The fourth-order valence-electron chi connectivity index (χ4n) is 3.44. The number of nitrogens with one attached hydrogen (secondary N) is 1. The van der Waals surface area contributed by atoms with Crippen LogP contribution in [0.1, 0.15) is 23.0 Å². The number of amides is 2. The maximum atomic E-state index is 12.9. The summed E-state index contributed by atoms with van der Waals surface area (Å²) in [5.74, 6) is -0.193. The first-order valence-corrected chi connectivity index (χ1v) is 8.78. The average molecular weight is 347 g/mol. The van der Waals surface area contributed by atoms with Gasteiger partial charge in [-0.3, -0.25) is 9.59 Å². The molecule has 0 spiro atoms. The Morgan fingerprint density at radius 3 is 2.58 bits per heavy atom. The third-order valence-corrected chi connectivity index (χ3v) is 4.95. The highest BCUT2D eigenvalue weighted by Gasteiger charge is 2.34. The van der Waals surface area contributed by atoms with Gasteiger partial charge in [0, 0.05) is 29.2 Å². The second-order valence-corrected chi connectivity index (χ2v) is 6.89. The van der Waals surface area contributed by atoms with Gasteiger partial charge < -0.3 is 14.8 Å². The molecule has 3 aromatic rings. The van der Waals surface area contributed by atoms with Gasteiger partial charge in [-0.15, -0.1) is 0 Å². The predicted octanol–water partition coefficient (Wildman–Crippen LogP) is 3.35. The van der Waals surface area contributed by atoms with Gasteiger partial charge in [-0.25, -0.2) is 0 Å². The molecule has 1 atom stereocenters. The maximum absolute atomic E-state index is 12.9. The lowest BCUT2D eigenvalue weighted by atomic mass is 10.1. The first-order chi connectivity index (χ1) is 12.5. The number of carbonyl (C=O) groups excluding carboxylic acids is 2. The van der Waals surface area contributed by atoms with Crippen LogP contribution in [0.5, 0.6) is 0 Å². The number of aromatic amines is 1. The quantitative estimate of drug-likeness (QED) is 0.773. The zero-order valence-electron chi connectivity index (χ0n) is 14.9. The molecule has 0 bridgehead atoms. The minimum Gasteiger partial charge on any atom is -0.351 e. The summed E-state index contributed by atoms with van der Waals surface area (Å²) in [5.41, 5.74) is 3.48. The Kier molecular flexibility index (Phi) is 3.99. The highest BCUT2D eigenvalue weighted by atomic mass is 16.2. The molecule has 1 aromatic heterocycles. The number of para-hydroxylation sites is 1. The molecule has 0 aliphatic carbocycles. The molecule has 5 nitrogen and oxygen atoms in total. The van der Waals surface area contributed by atoms with E-state index >= 15 is 0 Å². The van der Waals surface area contributed by atoms with Crippen molar-refractivity contribution in [2.45, 2.75) is 19.9 Å². The topological polar surface area (TPSA) is 56.4 Å². The van der Waals surface area contributed by atoms with Crippen molar-refractivity contribution < 1.29 is 9.59 Å². The summed E-state index contributed by atoms with van der Waals surface area (Å²) in [7, 11) is 0. The summed E-state index contributed by atoms with van der Waals surface area (Å²) in [5, 5.41) is 0.994. The Labute approximate surface area is 152 Å². The fraction of sp³-hybridized carbons (Fsp3) is 0.238. The summed E-state index contributed by atoms with van der Waals surface area (Å²) in [6.45, 7) is 4.58. The SMILES string of the molecule is Cc1ccc(N2C[C@@H](C)N(C(=O)c3cc4ccccc4[nH]3)CC2=O)cc1. The molecule has 1 saturated heterocycles. The first-order valence-electron chi connectivity index (χ1n) is 8.78. The van der Waals surface area contributed by atoms with Gasteiger partial charge in [-0.05, 0) is 38.1 Å². The van der Waals surface area contributed by atoms with Crippen LogP contribution in [0.25, 0.3) is 10.9 Å². The van der Waals surface area contributed by atoms with E-state index in [9.17, 15) is 9.59 Å². The molecule has 0 radical (unpaired) electrons. The predicted molar refractivity (Wildman–Crippen MR) is 102 cm³/mol. The number of fused-ring (bicyclic) bond motifs is 1. The number of carbonyl (C=O) groups is 2. The van der Waals surface area contributed by atoms with Crippen molar-refractivity contribution in [1.29, 1.82) is 0 Å². The maximum Gasteiger partial charge on any atom is 0.271 e. The minimum atomic E-state index is -0.134. The van der Waals surface area contributed by atoms with Crippen molar-refractivity contribution >= 4 is 28.4 Å². The lowest BCUT2D eigenvalue weighted by Crippen LogP contribution is -2.57. The Hall–Kier alpha value is -3.08. The molecule has 1 aliphatic heterocycles. The lowest BCUT2D eigenvalue weighted by molar-refractivity contribution is -0.121. The van der Waals surface area contributed by atoms with Crippen molar-refractivity contribution in [2.75, 3.05) is 18.0 Å². The van der Waals surface area contributed by atoms with E-state index in [4.69, 9.17) is 0 Å². The van der Waals surface area contributed by atoms with Gasteiger partial charge in [-0.1, -0.05) is 35.9 Å². The van der Waals surface area contributed by atoms with Gasteiger partial charge in [0.1, 0.15) is 12.2 Å². The Balaban J connectivity index is 1.56. The Morgan fingerprint density at radius 2 is 1.85 bits per heavy atom. The van der Waals surface area contributed by atoms with E-state index in [0.29, 0.717) is 12.2 Å². The summed E-state index contributed by atoms with van der Waals surface area (Å²) in [4.78, 5) is 32.2. The molecule has 2 amide bonds. The molecule has 4 rings (SSSR count). The van der Waals surface area contributed by atoms with Crippen molar-refractivity contribution in [3.63, 3.8) is 0 Å². The number of hydrogen-bond donors (Lipinski definition) is 1. The number of nitrogens with zero attached hydrogens (tertiary/aromatic N) is 2. The van der Waals surface area contributed by atoms with E-state index in [-0.39, 0.29) is 24.4 Å². The zero-order chi connectivity index (χ0) is 18.3. The monoisotopic (exact) mass is 347 g/mol. The average Bonchev–Trinajstić information content (AvgIpc) is 3.08. The number of aryl methyl sites for hydroxylation is 1. The van der Waals surface area contributed by atoms with Crippen molar-refractivity contribution in [3.8, 4) is 0 Å². The normalized spacial score (nSPS) is 17.8. The van der Waals surface area contributed by atoms with E-state index in [1.807, 2.05) is 68.4 Å². The number of H-pyrrole nitrogens is 1. The van der Waals surface area contributed by atoms with Crippen LogP contribution in [0.3, 0.4) is 0 Å². The number of rotatable bonds is 2. The summed E-state index contributed by atoms with van der Waals surface area (Å²) in [6, 6.07) is 17.5. The molecule has 0 unspecified atom stereocenters. The van der Waals surface area contributed by atoms with Crippen LogP contribution >= 0.6 is 0 Å². The van der Waals surface area contributed by atoms with E-state index in [2.05, 4.69) is 4.98 Å². The Bertz CT molecular complexity index is 941. The largest absolute Gasteiger partial charge is 0.351 e. The van der Waals surface area contributed by atoms with E-state index in [0.717, 1.165) is 22.2 Å². The molecular formula is C21H21N3O2.